The highest BCUT2D eigenvalue weighted by atomic mass is 19.4. The highest BCUT2D eigenvalue weighted by molar-refractivity contribution is 5.79. The van der Waals surface area contributed by atoms with Gasteiger partial charge in [0.25, 0.3) is 0 Å². The van der Waals surface area contributed by atoms with Crippen LogP contribution in [-0.2, 0) is 9.53 Å². The predicted molar refractivity (Wildman–Crippen MR) is 38.7 cm³/mol. The molecule has 1 amide bonds. The van der Waals surface area contributed by atoms with Crippen LogP contribution in [0.3, 0.4) is 0 Å². The van der Waals surface area contributed by atoms with Gasteiger partial charge in [-0.25, -0.2) is 0 Å². The quantitative estimate of drug-likeness (QED) is 0.601. The molecule has 0 saturated carbocycles. The van der Waals surface area contributed by atoms with E-state index in [0.717, 1.165) is 0 Å². The lowest BCUT2D eigenvalue weighted by Gasteiger charge is -2.09. The van der Waals surface area contributed by atoms with Crippen molar-refractivity contribution in [2.75, 3.05) is 13.2 Å². The summed E-state index contributed by atoms with van der Waals surface area (Å²) in [5.74, 6) is -0.799. The van der Waals surface area contributed by atoms with Crippen LogP contribution >= 0.6 is 0 Å². The standard InChI is InChI=1S/C6H11F3N2O2/c7-6(8,9)1-2-13-3-4(10)5(11)12/h4H,1-3,10H2,(H2,11,12). The second-order valence-corrected chi connectivity index (χ2v) is 2.45. The zero-order chi connectivity index (χ0) is 10.5. The molecule has 0 fully saturated rings. The van der Waals surface area contributed by atoms with Crippen LogP contribution in [0.5, 0.6) is 0 Å². The fraction of sp³-hybridized carbons (Fsp3) is 0.833. The Hall–Kier alpha value is -0.820. The van der Waals surface area contributed by atoms with Gasteiger partial charge in [0.1, 0.15) is 6.04 Å². The molecule has 0 radical (unpaired) electrons. The smallest absolute Gasteiger partial charge is 0.379 e. The van der Waals surface area contributed by atoms with E-state index in [1.807, 2.05) is 0 Å². The molecule has 4 nitrogen and oxygen atoms in total. The van der Waals surface area contributed by atoms with Crippen LogP contribution in [0.1, 0.15) is 6.42 Å². The average molecular weight is 200 g/mol. The summed E-state index contributed by atoms with van der Waals surface area (Å²) in [5, 5.41) is 0. The molecule has 13 heavy (non-hydrogen) atoms. The zero-order valence-electron chi connectivity index (χ0n) is 6.80. The van der Waals surface area contributed by atoms with Crippen LogP contribution in [-0.4, -0.2) is 31.3 Å². The van der Waals surface area contributed by atoms with E-state index in [9.17, 15) is 18.0 Å². The third-order valence-electron chi connectivity index (χ3n) is 1.19. The molecule has 0 aromatic carbocycles. The third-order valence-corrected chi connectivity index (χ3v) is 1.19. The Morgan fingerprint density at radius 3 is 2.38 bits per heavy atom. The van der Waals surface area contributed by atoms with Crippen molar-refractivity contribution in [1.82, 2.24) is 0 Å². The largest absolute Gasteiger partial charge is 0.391 e. The number of nitrogens with two attached hydrogens (primary N) is 2. The molecule has 0 rings (SSSR count). The van der Waals surface area contributed by atoms with Crippen molar-refractivity contribution in [2.45, 2.75) is 18.6 Å². The highest BCUT2D eigenvalue weighted by Crippen LogP contribution is 2.18. The molecule has 7 heteroatoms. The molecule has 0 saturated heterocycles. The summed E-state index contributed by atoms with van der Waals surface area (Å²) < 4.78 is 39.1. The molecule has 1 atom stereocenters. The zero-order valence-corrected chi connectivity index (χ0v) is 6.80. The van der Waals surface area contributed by atoms with Gasteiger partial charge >= 0.3 is 6.18 Å². The monoisotopic (exact) mass is 200 g/mol. The minimum atomic E-state index is -4.25. The number of ether oxygens (including phenoxy) is 1. The van der Waals surface area contributed by atoms with Gasteiger partial charge in [-0.15, -0.1) is 0 Å². The lowest BCUT2D eigenvalue weighted by molar-refractivity contribution is -0.145. The number of primary amides is 1. The Bertz CT molecular complexity index is 172. The van der Waals surface area contributed by atoms with Gasteiger partial charge in [0, 0.05) is 0 Å². The molecule has 0 aromatic heterocycles. The fourth-order valence-electron chi connectivity index (χ4n) is 0.480. The van der Waals surface area contributed by atoms with E-state index in [0.29, 0.717) is 0 Å². The van der Waals surface area contributed by atoms with E-state index in [1.54, 1.807) is 0 Å². The van der Waals surface area contributed by atoms with Crippen LogP contribution in [0.4, 0.5) is 13.2 Å². The van der Waals surface area contributed by atoms with Gasteiger partial charge in [0.15, 0.2) is 0 Å². The van der Waals surface area contributed by atoms with Gasteiger partial charge in [-0.1, -0.05) is 0 Å². The van der Waals surface area contributed by atoms with E-state index >= 15 is 0 Å². The predicted octanol–water partition coefficient (Wildman–Crippen LogP) is -0.232. The average Bonchev–Trinajstić information content (AvgIpc) is 1.95. The van der Waals surface area contributed by atoms with Crippen molar-refractivity contribution in [2.24, 2.45) is 11.5 Å². The van der Waals surface area contributed by atoms with Gasteiger partial charge in [-0.2, -0.15) is 13.2 Å². The molecular weight excluding hydrogens is 189 g/mol. The number of alkyl halides is 3. The number of halogens is 3. The summed E-state index contributed by atoms with van der Waals surface area (Å²) in [7, 11) is 0. The summed E-state index contributed by atoms with van der Waals surface area (Å²) in [6.07, 6.45) is -5.31. The number of rotatable bonds is 5. The minimum absolute atomic E-state index is 0.286. The molecule has 0 aliphatic heterocycles. The van der Waals surface area contributed by atoms with Crippen molar-refractivity contribution < 1.29 is 22.7 Å². The molecule has 4 N–H and O–H groups in total. The molecule has 0 heterocycles. The number of carbonyl (C=O) groups is 1. The molecule has 0 aliphatic rings. The fourth-order valence-corrected chi connectivity index (χ4v) is 0.480. The van der Waals surface area contributed by atoms with Crippen LogP contribution < -0.4 is 11.5 Å². The second-order valence-electron chi connectivity index (χ2n) is 2.45. The first-order valence-electron chi connectivity index (χ1n) is 3.52. The molecule has 1 unspecified atom stereocenters. The Morgan fingerprint density at radius 1 is 1.46 bits per heavy atom. The van der Waals surface area contributed by atoms with E-state index in [2.05, 4.69) is 4.74 Å². The van der Waals surface area contributed by atoms with E-state index in [-0.39, 0.29) is 6.61 Å². The van der Waals surface area contributed by atoms with Crippen molar-refractivity contribution >= 4 is 5.91 Å². The van der Waals surface area contributed by atoms with Crippen LogP contribution in [0.2, 0.25) is 0 Å². The van der Waals surface area contributed by atoms with Crippen LogP contribution in [0.15, 0.2) is 0 Å². The lowest BCUT2D eigenvalue weighted by Crippen LogP contribution is -2.40. The van der Waals surface area contributed by atoms with Gasteiger partial charge in [0.2, 0.25) is 5.91 Å². The normalized spacial score (nSPS) is 14.2. The summed E-state index contributed by atoms with van der Waals surface area (Å²) in [5.41, 5.74) is 9.82. The number of amides is 1. The van der Waals surface area contributed by atoms with Crippen molar-refractivity contribution in [3.05, 3.63) is 0 Å². The van der Waals surface area contributed by atoms with Crippen molar-refractivity contribution in [1.29, 1.82) is 0 Å². The molecule has 0 aromatic rings. The lowest BCUT2D eigenvalue weighted by atomic mass is 10.3. The van der Waals surface area contributed by atoms with Gasteiger partial charge in [0.05, 0.1) is 19.6 Å². The summed E-state index contributed by atoms with van der Waals surface area (Å²) >= 11 is 0. The maximum Gasteiger partial charge on any atom is 0.391 e. The van der Waals surface area contributed by atoms with E-state index in [4.69, 9.17) is 11.5 Å². The Balaban J connectivity index is 3.41. The van der Waals surface area contributed by atoms with Gasteiger partial charge < -0.3 is 16.2 Å². The Labute approximate surface area is 73.0 Å². The Kier molecular flexibility index (Phi) is 4.71. The number of hydrogen-bond donors (Lipinski definition) is 2. The first-order chi connectivity index (χ1) is 5.83. The summed E-state index contributed by atoms with van der Waals surface area (Å²) in [4.78, 5) is 10.3. The van der Waals surface area contributed by atoms with Crippen molar-refractivity contribution in [3.8, 4) is 0 Å². The molecule has 0 aliphatic carbocycles. The van der Waals surface area contributed by atoms with Crippen molar-refractivity contribution in [3.63, 3.8) is 0 Å². The third kappa shape index (κ3) is 7.54. The van der Waals surface area contributed by atoms with E-state index < -0.39 is 31.2 Å². The van der Waals surface area contributed by atoms with Crippen LogP contribution in [0.25, 0.3) is 0 Å². The van der Waals surface area contributed by atoms with Crippen LogP contribution in [0, 0.1) is 0 Å². The first-order valence-corrected chi connectivity index (χ1v) is 3.52. The maximum absolute atomic E-state index is 11.5. The Morgan fingerprint density at radius 2 is 2.00 bits per heavy atom. The summed E-state index contributed by atoms with van der Waals surface area (Å²) in [6.45, 7) is -0.796. The molecule has 0 spiro atoms. The summed E-state index contributed by atoms with van der Waals surface area (Å²) in [6, 6.07) is -1.05. The van der Waals surface area contributed by atoms with Gasteiger partial charge in [-0.3, -0.25) is 4.79 Å². The topological polar surface area (TPSA) is 78.3 Å². The number of hydrogen-bond acceptors (Lipinski definition) is 3. The highest BCUT2D eigenvalue weighted by Gasteiger charge is 2.26. The molecule has 0 bridgehead atoms. The minimum Gasteiger partial charge on any atom is -0.379 e. The number of carbonyl (C=O) groups excluding carboxylic acids is 1. The SMILES string of the molecule is NC(=O)C(N)COCCC(F)(F)F. The first kappa shape index (κ1) is 12.2. The maximum atomic E-state index is 11.5. The molecule has 78 valence electrons. The van der Waals surface area contributed by atoms with E-state index in [1.165, 1.54) is 0 Å². The second kappa shape index (κ2) is 5.03. The molecular formula is C6H11F3N2O2. The van der Waals surface area contributed by atoms with Gasteiger partial charge in [-0.05, 0) is 0 Å².